The monoisotopic (exact) mass is 789 g/mol. The zero-order valence-corrected chi connectivity index (χ0v) is 33.9. The van der Waals surface area contributed by atoms with Crippen molar-refractivity contribution in [3.05, 3.63) is 237 Å². The first-order valence-corrected chi connectivity index (χ1v) is 21.0. The maximum atomic E-state index is 5.24. The van der Waals surface area contributed by atoms with Gasteiger partial charge in [-0.2, -0.15) is 0 Å². The van der Waals surface area contributed by atoms with E-state index in [0.29, 0.717) is 5.82 Å². The molecule has 2 aromatic heterocycles. The number of aromatic nitrogens is 3. The summed E-state index contributed by atoms with van der Waals surface area (Å²) >= 11 is 0. The normalized spacial score (nSPS) is 11.2. The molecule has 0 fully saturated rings. The minimum atomic E-state index is 0.686. The topological polar surface area (TPSA) is 38.7 Å². The molecule has 0 aliphatic heterocycles. The molecule has 0 spiro atoms. The molecule has 0 aliphatic rings. The quantitative estimate of drug-likeness (QED) is 0.144. The van der Waals surface area contributed by atoms with Gasteiger partial charge in [-0.15, -0.1) is 0 Å². The van der Waals surface area contributed by atoms with Gasteiger partial charge in [0.05, 0.1) is 22.6 Å². The Bertz CT molecular complexity index is 3280. The van der Waals surface area contributed by atoms with Crippen LogP contribution in [0.2, 0.25) is 0 Å². The Hall–Kier alpha value is -8.27. The van der Waals surface area contributed by atoms with E-state index in [1.807, 2.05) is 12.1 Å². The lowest BCUT2D eigenvalue weighted by Gasteiger charge is -2.15. The summed E-state index contributed by atoms with van der Waals surface area (Å²) in [6, 6.07) is 83.4. The molecule has 62 heavy (non-hydrogen) atoms. The van der Waals surface area contributed by atoms with Gasteiger partial charge >= 0.3 is 0 Å². The van der Waals surface area contributed by atoms with Gasteiger partial charge in [-0.1, -0.05) is 206 Å². The first-order chi connectivity index (χ1) is 30.7. The number of hydrogen-bond acceptors (Lipinski definition) is 3. The summed E-state index contributed by atoms with van der Waals surface area (Å²) in [5.41, 5.74) is 17.1. The maximum Gasteiger partial charge on any atom is 0.160 e. The van der Waals surface area contributed by atoms with Gasteiger partial charge < -0.3 is 0 Å². The first kappa shape index (κ1) is 36.8. The molecule has 0 amide bonds. The molecule has 3 heteroatoms. The Morgan fingerprint density at radius 1 is 0.242 bits per heavy atom. The number of fused-ring (bicyclic) bond motifs is 3. The zero-order chi connectivity index (χ0) is 41.2. The second kappa shape index (κ2) is 16.1. The van der Waals surface area contributed by atoms with Crippen LogP contribution in [0.5, 0.6) is 0 Å². The van der Waals surface area contributed by atoms with Crippen LogP contribution in [0.15, 0.2) is 237 Å². The number of pyridine rings is 1. The molecule has 2 heterocycles. The smallest absolute Gasteiger partial charge is 0.160 e. The van der Waals surface area contributed by atoms with Crippen LogP contribution >= 0.6 is 0 Å². The average molecular weight is 790 g/mol. The van der Waals surface area contributed by atoms with E-state index in [9.17, 15) is 0 Å². The fraction of sp³-hybridized carbons (Fsp3) is 0. The highest BCUT2D eigenvalue weighted by molar-refractivity contribution is 6.17. The van der Waals surface area contributed by atoms with Crippen molar-refractivity contribution in [2.45, 2.75) is 0 Å². The van der Waals surface area contributed by atoms with Gasteiger partial charge in [0.15, 0.2) is 5.82 Å². The van der Waals surface area contributed by atoms with Crippen LogP contribution in [-0.2, 0) is 0 Å². The summed E-state index contributed by atoms with van der Waals surface area (Å²) in [7, 11) is 0. The maximum absolute atomic E-state index is 5.24. The third kappa shape index (κ3) is 7.12. The van der Waals surface area contributed by atoms with Gasteiger partial charge in [-0.05, 0) is 74.8 Å². The highest BCUT2D eigenvalue weighted by atomic mass is 14.9. The SMILES string of the molecule is c1ccc(-c2cccc(-c3cc(-c4ccc(-c5cccc(-c6cccc7c(-c8ccccc8)nc8ccccc8c67)c5)cc4)nc(-c4cccc(-c5ccccc5)c4)n3)c2)cc1. The second-order valence-electron chi connectivity index (χ2n) is 15.6. The van der Waals surface area contributed by atoms with E-state index in [0.717, 1.165) is 89.0 Å². The average Bonchev–Trinajstić information content (AvgIpc) is 3.36. The Balaban J connectivity index is 0.991. The lowest BCUT2D eigenvalue weighted by molar-refractivity contribution is 1.18. The van der Waals surface area contributed by atoms with Crippen molar-refractivity contribution in [3.8, 4) is 89.7 Å². The number of rotatable bonds is 8. The molecule has 0 aliphatic carbocycles. The summed E-state index contributed by atoms with van der Waals surface area (Å²) in [5.74, 6) is 0.686. The molecule has 0 unspecified atom stereocenters. The van der Waals surface area contributed by atoms with Crippen LogP contribution in [-0.4, -0.2) is 15.0 Å². The molecule has 0 saturated carbocycles. The lowest BCUT2D eigenvalue weighted by Crippen LogP contribution is -1.96. The van der Waals surface area contributed by atoms with E-state index in [4.69, 9.17) is 15.0 Å². The van der Waals surface area contributed by atoms with Crippen LogP contribution in [0, 0.1) is 0 Å². The molecular weight excluding hydrogens is 751 g/mol. The van der Waals surface area contributed by atoms with Crippen molar-refractivity contribution in [2.75, 3.05) is 0 Å². The van der Waals surface area contributed by atoms with Crippen molar-refractivity contribution in [1.29, 1.82) is 0 Å². The highest BCUT2D eigenvalue weighted by Crippen LogP contribution is 2.40. The Labute approximate surface area is 361 Å². The second-order valence-corrected chi connectivity index (χ2v) is 15.6. The zero-order valence-electron chi connectivity index (χ0n) is 33.9. The van der Waals surface area contributed by atoms with Crippen LogP contribution in [0.1, 0.15) is 0 Å². The summed E-state index contributed by atoms with van der Waals surface area (Å²) in [6.07, 6.45) is 0. The fourth-order valence-corrected chi connectivity index (χ4v) is 8.59. The fourth-order valence-electron chi connectivity index (χ4n) is 8.59. The van der Waals surface area contributed by atoms with Gasteiger partial charge in [-0.25, -0.2) is 15.0 Å². The molecule has 3 nitrogen and oxygen atoms in total. The van der Waals surface area contributed by atoms with Crippen molar-refractivity contribution < 1.29 is 0 Å². The van der Waals surface area contributed by atoms with E-state index in [1.54, 1.807) is 0 Å². The Morgan fingerprint density at radius 2 is 0.677 bits per heavy atom. The predicted molar refractivity (Wildman–Crippen MR) is 258 cm³/mol. The molecular formula is C59H39N3. The van der Waals surface area contributed by atoms with E-state index in [1.165, 1.54) is 16.5 Å². The number of benzene rings is 9. The first-order valence-electron chi connectivity index (χ1n) is 21.0. The molecule has 0 saturated heterocycles. The van der Waals surface area contributed by atoms with Crippen molar-refractivity contribution >= 4 is 21.7 Å². The van der Waals surface area contributed by atoms with Crippen molar-refractivity contribution in [2.24, 2.45) is 0 Å². The summed E-state index contributed by atoms with van der Waals surface area (Å²) < 4.78 is 0. The van der Waals surface area contributed by atoms with E-state index < -0.39 is 0 Å². The van der Waals surface area contributed by atoms with Gasteiger partial charge in [0.1, 0.15) is 0 Å². The minimum absolute atomic E-state index is 0.686. The van der Waals surface area contributed by atoms with Crippen LogP contribution in [0.4, 0.5) is 0 Å². The molecule has 290 valence electrons. The number of para-hydroxylation sites is 1. The van der Waals surface area contributed by atoms with E-state index in [-0.39, 0.29) is 0 Å². The largest absolute Gasteiger partial charge is 0.247 e. The standard InChI is InChI=1S/C59H39N3/c1-4-16-40(17-5-1)46-23-13-26-49(37-46)56-39-55(61-59(62-56)50-27-14-24-47(38-50)41-18-6-2-7-19-41)43-34-32-42(33-35-43)45-22-12-25-48(36-45)51-29-15-30-53-57(51)52-28-10-11-31-54(52)60-58(53)44-20-8-3-9-21-44/h1-39H. The van der Waals surface area contributed by atoms with Gasteiger partial charge in [-0.3, -0.25) is 0 Å². The molecule has 0 atom stereocenters. The number of hydrogen-bond donors (Lipinski definition) is 0. The molecule has 0 N–H and O–H groups in total. The molecule has 11 aromatic rings. The van der Waals surface area contributed by atoms with Gasteiger partial charge in [0.25, 0.3) is 0 Å². The molecule has 9 aromatic carbocycles. The van der Waals surface area contributed by atoms with Crippen LogP contribution in [0.3, 0.4) is 0 Å². The van der Waals surface area contributed by atoms with E-state index >= 15 is 0 Å². The molecule has 11 rings (SSSR count). The van der Waals surface area contributed by atoms with Gasteiger partial charge in [0.2, 0.25) is 0 Å². The third-order valence-corrected chi connectivity index (χ3v) is 11.7. The summed E-state index contributed by atoms with van der Waals surface area (Å²) in [4.78, 5) is 15.6. The van der Waals surface area contributed by atoms with Crippen LogP contribution < -0.4 is 0 Å². The van der Waals surface area contributed by atoms with Crippen molar-refractivity contribution in [3.63, 3.8) is 0 Å². The molecule has 0 radical (unpaired) electrons. The Morgan fingerprint density at radius 3 is 1.34 bits per heavy atom. The molecule has 0 bridgehead atoms. The van der Waals surface area contributed by atoms with Gasteiger partial charge in [0, 0.05) is 38.4 Å². The third-order valence-electron chi connectivity index (χ3n) is 11.7. The van der Waals surface area contributed by atoms with Crippen LogP contribution in [0.25, 0.3) is 111 Å². The summed E-state index contributed by atoms with van der Waals surface area (Å²) in [5, 5.41) is 3.50. The van der Waals surface area contributed by atoms with E-state index in [2.05, 4.69) is 224 Å². The summed E-state index contributed by atoms with van der Waals surface area (Å²) in [6.45, 7) is 0. The lowest BCUT2D eigenvalue weighted by atomic mass is 9.91. The van der Waals surface area contributed by atoms with Crippen molar-refractivity contribution in [1.82, 2.24) is 15.0 Å². The Kier molecular flexibility index (Phi) is 9.53. The predicted octanol–water partition coefficient (Wildman–Crippen LogP) is 15.5. The number of nitrogens with zero attached hydrogens (tertiary/aromatic N) is 3. The highest BCUT2D eigenvalue weighted by Gasteiger charge is 2.16. The minimum Gasteiger partial charge on any atom is -0.247 e.